The van der Waals surface area contributed by atoms with Crippen LogP contribution in [0.5, 0.6) is 0 Å². The van der Waals surface area contributed by atoms with Gasteiger partial charge < -0.3 is 24.4 Å². The lowest BCUT2D eigenvalue weighted by molar-refractivity contribution is -0.167. The molecule has 0 bridgehead atoms. The van der Waals surface area contributed by atoms with Crippen molar-refractivity contribution >= 4 is 11.9 Å². The third-order valence-corrected chi connectivity index (χ3v) is 8.16. The predicted molar refractivity (Wildman–Crippen MR) is 112 cm³/mol. The number of carbonyl (C=O) groups excluding carboxylic acids is 2. The van der Waals surface area contributed by atoms with Crippen LogP contribution in [-0.4, -0.2) is 58.8 Å². The van der Waals surface area contributed by atoms with E-state index in [1.807, 2.05) is 6.92 Å². The summed E-state index contributed by atoms with van der Waals surface area (Å²) in [5, 5.41) is 20.2. The standard InChI is InChI=1S/C24H38O7/c1-23(28)8-5-15(6-9-23)13-29-21(26)18-4-3-17(25)12-19(18)22(27)30-14-16-7-10-24(2)20(11-16)31-24/h15-20,25,28H,3-14H2,1-2H3. The van der Waals surface area contributed by atoms with Crippen LogP contribution < -0.4 is 0 Å². The van der Waals surface area contributed by atoms with E-state index in [1.165, 1.54) is 0 Å². The summed E-state index contributed by atoms with van der Waals surface area (Å²) in [6, 6.07) is 0. The molecule has 0 amide bonds. The molecule has 0 aromatic heterocycles. The molecule has 3 saturated carbocycles. The van der Waals surface area contributed by atoms with Gasteiger partial charge in [-0.15, -0.1) is 0 Å². The molecular weight excluding hydrogens is 400 g/mol. The maximum atomic E-state index is 12.8. The summed E-state index contributed by atoms with van der Waals surface area (Å²) in [6.45, 7) is 4.67. The Labute approximate surface area is 184 Å². The molecule has 1 aliphatic heterocycles. The van der Waals surface area contributed by atoms with Gasteiger partial charge in [-0.2, -0.15) is 0 Å². The molecule has 0 spiro atoms. The van der Waals surface area contributed by atoms with Gasteiger partial charge in [0.1, 0.15) is 0 Å². The minimum absolute atomic E-state index is 0.0387. The van der Waals surface area contributed by atoms with Crippen molar-refractivity contribution in [2.24, 2.45) is 23.7 Å². The Kier molecular flexibility index (Phi) is 6.67. The largest absolute Gasteiger partial charge is 0.465 e. The van der Waals surface area contributed by atoms with Gasteiger partial charge in [0.25, 0.3) is 0 Å². The molecule has 7 heteroatoms. The van der Waals surface area contributed by atoms with Gasteiger partial charge in [0.15, 0.2) is 0 Å². The van der Waals surface area contributed by atoms with Crippen LogP contribution in [0, 0.1) is 23.7 Å². The molecule has 1 saturated heterocycles. The fourth-order valence-corrected chi connectivity index (χ4v) is 5.64. The van der Waals surface area contributed by atoms with E-state index in [9.17, 15) is 19.8 Å². The molecule has 4 rings (SSSR count). The quantitative estimate of drug-likeness (QED) is 0.485. The molecule has 176 valence electrons. The van der Waals surface area contributed by atoms with Crippen LogP contribution in [0.2, 0.25) is 0 Å². The fraction of sp³-hybridized carbons (Fsp3) is 0.917. The highest BCUT2D eigenvalue weighted by molar-refractivity contribution is 5.82. The van der Waals surface area contributed by atoms with Crippen molar-refractivity contribution in [1.82, 2.24) is 0 Å². The van der Waals surface area contributed by atoms with Gasteiger partial charge in [0.2, 0.25) is 0 Å². The van der Waals surface area contributed by atoms with E-state index in [1.54, 1.807) is 0 Å². The van der Waals surface area contributed by atoms with Crippen LogP contribution >= 0.6 is 0 Å². The number of aliphatic hydroxyl groups is 2. The topological polar surface area (TPSA) is 106 Å². The molecular formula is C24H38O7. The van der Waals surface area contributed by atoms with Crippen LogP contribution in [0.25, 0.3) is 0 Å². The normalized spacial score (nSPS) is 44.8. The first-order valence-electron chi connectivity index (χ1n) is 12.1. The highest BCUT2D eigenvalue weighted by Crippen LogP contribution is 2.49. The number of esters is 2. The van der Waals surface area contributed by atoms with Gasteiger partial charge >= 0.3 is 11.9 Å². The molecule has 0 aromatic carbocycles. The number of epoxide rings is 1. The molecule has 4 fully saturated rings. The van der Waals surface area contributed by atoms with Crippen LogP contribution in [0.4, 0.5) is 0 Å². The Morgan fingerprint density at radius 1 is 0.871 bits per heavy atom. The number of aliphatic hydroxyl groups excluding tert-OH is 1. The Bertz CT molecular complexity index is 667. The summed E-state index contributed by atoms with van der Waals surface area (Å²) in [5.74, 6) is -1.39. The lowest BCUT2D eigenvalue weighted by Crippen LogP contribution is -2.40. The molecule has 3 aliphatic carbocycles. The van der Waals surface area contributed by atoms with Crippen molar-refractivity contribution in [3.05, 3.63) is 0 Å². The first-order valence-corrected chi connectivity index (χ1v) is 12.1. The minimum Gasteiger partial charge on any atom is -0.465 e. The number of fused-ring (bicyclic) bond motifs is 1. The molecule has 6 atom stereocenters. The average molecular weight is 439 g/mol. The van der Waals surface area contributed by atoms with E-state index in [4.69, 9.17) is 14.2 Å². The maximum absolute atomic E-state index is 12.8. The number of hydrogen-bond acceptors (Lipinski definition) is 7. The van der Waals surface area contributed by atoms with E-state index in [0.29, 0.717) is 44.8 Å². The zero-order chi connectivity index (χ0) is 22.2. The monoisotopic (exact) mass is 438 g/mol. The summed E-state index contributed by atoms with van der Waals surface area (Å²) < 4.78 is 17.0. The number of carbonyl (C=O) groups is 2. The molecule has 0 radical (unpaired) electrons. The van der Waals surface area contributed by atoms with Crippen molar-refractivity contribution in [3.8, 4) is 0 Å². The van der Waals surface area contributed by atoms with Crippen LogP contribution in [0.3, 0.4) is 0 Å². The summed E-state index contributed by atoms with van der Waals surface area (Å²) in [7, 11) is 0. The van der Waals surface area contributed by atoms with Crippen molar-refractivity contribution in [2.75, 3.05) is 13.2 Å². The van der Waals surface area contributed by atoms with Gasteiger partial charge in [-0.05, 0) is 89.9 Å². The van der Waals surface area contributed by atoms with Gasteiger partial charge in [-0.1, -0.05) is 0 Å². The van der Waals surface area contributed by atoms with Crippen LogP contribution in [0.15, 0.2) is 0 Å². The highest BCUT2D eigenvalue weighted by Gasteiger charge is 2.55. The maximum Gasteiger partial charge on any atom is 0.309 e. The summed E-state index contributed by atoms with van der Waals surface area (Å²) in [4.78, 5) is 25.6. The second-order valence-electron chi connectivity index (χ2n) is 10.9. The van der Waals surface area contributed by atoms with Gasteiger partial charge in [0.05, 0.1) is 48.5 Å². The van der Waals surface area contributed by atoms with Crippen LogP contribution in [0.1, 0.15) is 78.1 Å². The van der Waals surface area contributed by atoms with Crippen molar-refractivity contribution in [2.45, 2.75) is 101 Å². The Morgan fingerprint density at radius 3 is 2.16 bits per heavy atom. The number of hydrogen-bond donors (Lipinski definition) is 2. The van der Waals surface area contributed by atoms with Gasteiger partial charge in [0, 0.05) is 0 Å². The van der Waals surface area contributed by atoms with E-state index < -0.39 is 23.5 Å². The van der Waals surface area contributed by atoms with E-state index in [2.05, 4.69) is 6.92 Å². The number of ether oxygens (including phenoxy) is 3. The zero-order valence-corrected chi connectivity index (χ0v) is 18.9. The summed E-state index contributed by atoms with van der Waals surface area (Å²) in [5.41, 5.74) is -0.575. The third kappa shape index (κ3) is 5.60. The molecule has 7 nitrogen and oxygen atoms in total. The zero-order valence-electron chi connectivity index (χ0n) is 18.9. The SMILES string of the molecule is CC1(O)CCC(COC(=O)C2CCC(O)CC2C(=O)OCC2CCC3(C)OC3C2)CC1. The summed E-state index contributed by atoms with van der Waals surface area (Å²) in [6.07, 6.45) is 6.87. The highest BCUT2D eigenvalue weighted by atomic mass is 16.6. The molecule has 0 aromatic rings. The summed E-state index contributed by atoms with van der Waals surface area (Å²) >= 11 is 0. The minimum atomic E-state index is -0.644. The Balaban J connectivity index is 1.25. The van der Waals surface area contributed by atoms with Crippen LogP contribution in [-0.2, 0) is 23.8 Å². The number of rotatable bonds is 6. The lowest BCUT2D eigenvalue weighted by Gasteiger charge is -2.34. The van der Waals surface area contributed by atoms with E-state index in [-0.39, 0.29) is 36.0 Å². The average Bonchev–Trinajstić information content (AvgIpc) is 3.41. The van der Waals surface area contributed by atoms with Crippen molar-refractivity contribution in [1.29, 1.82) is 0 Å². The second-order valence-corrected chi connectivity index (χ2v) is 10.9. The first-order chi connectivity index (χ1) is 14.7. The van der Waals surface area contributed by atoms with Crippen molar-refractivity contribution in [3.63, 3.8) is 0 Å². The lowest BCUT2D eigenvalue weighted by atomic mass is 9.77. The first kappa shape index (κ1) is 23.0. The van der Waals surface area contributed by atoms with Gasteiger partial charge in [-0.3, -0.25) is 9.59 Å². The smallest absolute Gasteiger partial charge is 0.309 e. The predicted octanol–water partition coefficient (Wildman–Crippen LogP) is 2.75. The molecule has 4 aliphatic rings. The molecule has 31 heavy (non-hydrogen) atoms. The third-order valence-electron chi connectivity index (χ3n) is 8.16. The van der Waals surface area contributed by atoms with Gasteiger partial charge in [-0.25, -0.2) is 0 Å². The van der Waals surface area contributed by atoms with Crippen molar-refractivity contribution < 1.29 is 34.0 Å². The molecule has 6 unspecified atom stereocenters. The Hall–Kier alpha value is -1.18. The van der Waals surface area contributed by atoms with E-state index >= 15 is 0 Å². The molecule has 1 heterocycles. The molecule has 2 N–H and O–H groups in total. The fourth-order valence-electron chi connectivity index (χ4n) is 5.64. The second kappa shape index (κ2) is 8.99. The Morgan fingerprint density at radius 2 is 1.48 bits per heavy atom. The van der Waals surface area contributed by atoms with E-state index in [0.717, 1.165) is 32.1 Å².